The second kappa shape index (κ2) is 7.99. The van der Waals surface area contributed by atoms with Crippen LogP contribution in [0.25, 0.3) is 0 Å². The van der Waals surface area contributed by atoms with Gasteiger partial charge in [-0.3, -0.25) is 0 Å². The Morgan fingerprint density at radius 1 is 1.33 bits per heavy atom. The molecule has 9 heteroatoms. The monoisotopic (exact) mass is 308 g/mol. The quantitative estimate of drug-likeness (QED) is 0.679. The molecular formula is C12H19F3N4O2. The van der Waals surface area contributed by atoms with Crippen LogP contribution in [-0.4, -0.2) is 48.0 Å². The van der Waals surface area contributed by atoms with Crippen molar-refractivity contribution in [3.8, 4) is 0 Å². The number of alkyl halides is 3. The largest absolute Gasteiger partial charge is 0.433 e. The van der Waals surface area contributed by atoms with E-state index in [2.05, 4.69) is 20.6 Å². The molecule has 6 nitrogen and oxygen atoms in total. The molecule has 1 aromatic rings. The first-order chi connectivity index (χ1) is 9.86. The van der Waals surface area contributed by atoms with E-state index in [0.29, 0.717) is 13.0 Å². The Balaban J connectivity index is 2.74. The van der Waals surface area contributed by atoms with E-state index in [0.717, 1.165) is 6.07 Å². The molecular weight excluding hydrogens is 289 g/mol. The summed E-state index contributed by atoms with van der Waals surface area (Å²) in [4.78, 5) is 7.34. The van der Waals surface area contributed by atoms with E-state index in [1.807, 2.05) is 0 Å². The molecule has 0 aliphatic rings. The number of nitrogens with one attached hydrogen (secondary N) is 2. The van der Waals surface area contributed by atoms with Crippen LogP contribution in [-0.2, 0) is 10.9 Å². The van der Waals surface area contributed by atoms with Crippen LogP contribution in [0.4, 0.5) is 24.9 Å². The van der Waals surface area contributed by atoms with Gasteiger partial charge in [-0.05, 0) is 13.3 Å². The Kier molecular flexibility index (Phi) is 6.63. The number of halogens is 3. The summed E-state index contributed by atoms with van der Waals surface area (Å²) >= 11 is 0. The summed E-state index contributed by atoms with van der Waals surface area (Å²) in [5, 5.41) is 14.8. The number of nitrogens with zero attached hydrogens (tertiary/aromatic N) is 2. The number of hydrogen-bond acceptors (Lipinski definition) is 6. The lowest BCUT2D eigenvalue weighted by atomic mass is 10.2. The summed E-state index contributed by atoms with van der Waals surface area (Å²) in [5.74, 6) is -0.0369. The number of aromatic nitrogens is 2. The third-order valence-corrected chi connectivity index (χ3v) is 2.49. The average Bonchev–Trinajstić information content (AvgIpc) is 2.38. The van der Waals surface area contributed by atoms with Crippen molar-refractivity contribution in [2.24, 2.45) is 0 Å². The van der Waals surface area contributed by atoms with E-state index in [-0.39, 0.29) is 24.9 Å². The van der Waals surface area contributed by atoms with Gasteiger partial charge in [0.1, 0.15) is 5.82 Å². The standard InChI is InChI=1S/C12H19F3N4O2/c1-3-16-11-18-9(12(13,14)15)6-10(19-11)17-5-4-8(20)7-21-2/h6,8,20H,3-5,7H2,1-2H3,(H2,16,17,18,19). The van der Waals surface area contributed by atoms with E-state index in [1.165, 1.54) is 7.11 Å². The summed E-state index contributed by atoms with van der Waals surface area (Å²) in [6.07, 6.45) is -4.89. The van der Waals surface area contributed by atoms with Crippen LogP contribution in [0, 0.1) is 0 Å². The highest BCUT2D eigenvalue weighted by Gasteiger charge is 2.33. The van der Waals surface area contributed by atoms with Crippen LogP contribution < -0.4 is 10.6 Å². The van der Waals surface area contributed by atoms with Gasteiger partial charge < -0.3 is 20.5 Å². The Morgan fingerprint density at radius 2 is 2.05 bits per heavy atom. The van der Waals surface area contributed by atoms with Crippen molar-refractivity contribution >= 4 is 11.8 Å². The molecule has 0 saturated carbocycles. The molecule has 1 heterocycles. The maximum Gasteiger partial charge on any atom is 0.433 e. The molecule has 21 heavy (non-hydrogen) atoms. The van der Waals surface area contributed by atoms with Crippen molar-refractivity contribution in [3.63, 3.8) is 0 Å². The number of aliphatic hydroxyl groups excluding tert-OH is 1. The van der Waals surface area contributed by atoms with Crippen molar-refractivity contribution < 1.29 is 23.0 Å². The Labute approximate surface area is 120 Å². The summed E-state index contributed by atoms with van der Waals surface area (Å²) in [6, 6.07) is 0.837. The van der Waals surface area contributed by atoms with Gasteiger partial charge in [0.05, 0.1) is 12.7 Å². The molecule has 1 unspecified atom stereocenters. The van der Waals surface area contributed by atoms with Crippen LogP contribution in [0.1, 0.15) is 19.0 Å². The lowest BCUT2D eigenvalue weighted by Crippen LogP contribution is -2.19. The molecule has 0 aliphatic heterocycles. The third-order valence-electron chi connectivity index (χ3n) is 2.49. The van der Waals surface area contributed by atoms with Crippen molar-refractivity contribution in [1.82, 2.24) is 9.97 Å². The summed E-state index contributed by atoms with van der Waals surface area (Å²) in [5.41, 5.74) is -1.02. The molecule has 0 fully saturated rings. The number of anilines is 2. The molecule has 0 aromatic carbocycles. The fourth-order valence-electron chi connectivity index (χ4n) is 1.56. The van der Waals surface area contributed by atoms with Gasteiger partial charge in [-0.25, -0.2) is 4.98 Å². The van der Waals surface area contributed by atoms with Gasteiger partial charge >= 0.3 is 6.18 Å². The molecule has 3 N–H and O–H groups in total. The summed E-state index contributed by atoms with van der Waals surface area (Å²) < 4.78 is 43.0. The molecule has 0 amide bonds. The maximum absolute atomic E-state index is 12.7. The summed E-state index contributed by atoms with van der Waals surface area (Å²) in [7, 11) is 1.46. The van der Waals surface area contributed by atoms with Crippen molar-refractivity contribution in [1.29, 1.82) is 0 Å². The van der Waals surface area contributed by atoms with Crippen LogP contribution in [0.5, 0.6) is 0 Å². The molecule has 0 radical (unpaired) electrons. The zero-order chi connectivity index (χ0) is 15.9. The molecule has 0 spiro atoms. The first kappa shape index (κ1) is 17.4. The van der Waals surface area contributed by atoms with Gasteiger partial charge in [-0.1, -0.05) is 0 Å². The number of rotatable bonds is 8. The lowest BCUT2D eigenvalue weighted by Gasteiger charge is -2.13. The topological polar surface area (TPSA) is 79.3 Å². The van der Waals surface area contributed by atoms with Gasteiger partial charge in [0.2, 0.25) is 5.95 Å². The first-order valence-corrected chi connectivity index (χ1v) is 6.47. The fraction of sp³-hybridized carbons (Fsp3) is 0.667. The molecule has 0 saturated heterocycles. The average molecular weight is 308 g/mol. The van der Waals surface area contributed by atoms with E-state index < -0.39 is 18.0 Å². The van der Waals surface area contributed by atoms with E-state index in [4.69, 9.17) is 4.74 Å². The number of aliphatic hydroxyl groups is 1. The Morgan fingerprint density at radius 3 is 2.62 bits per heavy atom. The van der Waals surface area contributed by atoms with Crippen molar-refractivity contribution in [2.75, 3.05) is 37.4 Å². The lowest BCUT2D eigenvalue weighted by molar-refractivity contribution is -0.141. The van der Waals surface area contributed by atoms with E-state index in [1.54, 1.807) is 6.92 Å². The van der Waals surface area contributed by atoms with Crippen molar-refractivity contribution in [2.45, 2.75) is 25.6 Å². The van der Waals surface area contributed by atoms with Crippen LogP contribution in [0.3, 0.4) is 0 Å². The zero-order valence-corrected chi connectivity index (χ0v) is 11.9. The molecule has 120 valence electrons. The van der Waals surface area contributed by atoms with E-state index >= 15 is 0 Å². The zero-order valence-electron chi connectivity index (χ0n) is 11.9. The SMILES string of the molecule is CCNc1nc(NCCC(O)COC)cc(C(F)(F)F)n1. The first-order valence-electron chi connectivity index (χ1n) is 6.47. The van der Waals surface area contributed by atoms with Crippen molar-refractivity contribution in [3.05, 3.63) is 11.8 Å². The van der Waals surface area contributed by atoms with Gasteiger partial charge in [0, 0.05) is 26.3 Å². The second-order valence-electron chi connectivity index (χ2n) is 4.31. The van der Waals surface area contributed by atoms with Gasteiger partial charge in [0.25, 0.3) is 0 Å². The highest BCUT2D eigenvalue weighted by molar-refractivity contribution is 5.43. The van der Waals surface area contributed by atoms with Crippen LogP contribution >= 0.6 is 0 Å². The number of methoxy groups -OCH3 is 1. The molecule has 1 rings (SSSR count). The summed E-state index contributed by atoms with van der Waals surface area (Å²) in [6.45, 7) is 2.58. The number of ether oxygens (including phenoxy) is 1. The van der Waals surface area contributed by atoms with Gasteiger partial charge in [-0.2, -0.15) is 18.2 Å². The smallest absolute Gasteiger partial charge is 0.391 e. The van der Waals surface area contributed by atoms with Gasteiger partial charge in [-0.15, -0.1) is 0 Å². The third kappa shape index (κ3) is 6.13. The number of hydrogen-bond donors (Lipinski definition) is 3. The predicted molar refractivity (Wildman–Crippen MR) is 72.2 cm³/mol. The van der Waals surface area contributed by atoms with E-state index in [9.17, 15) is 18.3 Å². The minimum atomic E-state index is -4.54. The predicted octanol–water partition coefficient (Wildman–Crippen LogP) is 1.74. The maximum atomic E-state index is 12.7. The normalized spacial score (nSPS) is 13.0. The van der Waals surface area contributed by atoms with Crippen LogP contribution in [0.2, 0.25) is 0 Å². The Hall–Kier alpha value is -1.61. The minimum Gasteiger partial charge on any atom is -0.391 e. The highest BCUT2D eigenvalue weighted by atomic mass is 19.4. The molecule has 1 atom stereocenters. The second-order valence-corrected chi connectivity index (χ2v) is 4.31. The molecule has 1 aromatic heterocycles. The van der Waals surface area contributed by atoms with Gasteiger partial charge in [0.15, 0.2) is 5.69 Å². The fourth-order valence-corrected chi connectivity index (χ4v) is 1.56. The highest BCUT2D eigenvalue weighted by Crippen LogP contribution is 2.29. The molecule has 0 bridgehead atoms. The molecule has 0 aliphatic carbocycles. The Bertz CT molecular complexity index is 443. The minimum absolute atomic E-state index is 0.0536. The van der Waals surface area contributed by atoms with Crippen LogP contribution in [0.15, 0.2) is 6.07 Å².